The van der Waals surface area contributed by atoms with E-state index < -0.39 is 0 Å². The lowest BCUT2D eigenvalue weighted by Crippen LogP contribution is -2.47. The number of benzene rings is 1. The maximum absolute atomic E-state index is 6.52. The monoisotopic (exact) mass is 415 g/mol. The predicted molar refractivity (Wildman–Crippen MR) is 121 cm³/mol. The number of rotatable bonds is 4. The molecule has 8 heteroatoms. The maximum Gasteiger partial charge on any atom is 0.156 e. The summed E-state index contributed by atoms with van der Waals surface area (Å²) in [5.41, 5.74) is 8.08. The van der Waals surface area contributed by atoms with E-state index in [1.165, 1.54) is 11.8 Å². The van der Waals surface area contributed by atoms with Gasteiger partial charge < -0.3 is 15.5 Å². The van der Waals surface area contributed by atoms with Crippen molar-refractivity contribution in [2.75, 3.05) is 41.7 Å². The molecule has 1 fully saturated rings. The van der Waals surface area contributed by atoms with Gasteiger partial charge in [0.05, 0.1) is 5.52 Å². The third-order valence-corrected chi connectivity index (χ3v) is 6.25. The van der Waals surface area contributed by atoms with Gasteiger partial charge in [-0.3, -0.25) is 4.98 Å². The number of hydrogen-bond acceptors (Lipinski definition) is 8. The van der Waals surface area contributed by atoms with Gasteiger partial charge in [0.25, 0.3) is 0 Å². The number of nitrogens with two attached hydrogens (primary N) is 1. The van der Waals surface area contributed by atoms with Crippen molar-refractivity contribution >= 4 is 40.0 Å². The average Bonchev–Trinajstić information content (AvgIpc) is 2.81. The van der Waals surface area contributed by atoms with Crippen LogP contribution in [0.4, 0.5) is 17.3 Å². The molecule has 4 aromatic rings. The molecule has 1 aliphatic heterocycles. The molecule has 0 amide bonds. The molecule has 150 valence electrons. The molecule has 0 spiro atoms. The first kappa shape index (κ1) is 18.6. The first-order valence-corrected chi connectivity index (χ1v) is 10.6. The van der Waals surface area contributed by atoms with Gasteiger partial charge in [-0.15, -0.1) is 0 Å². The van der Waals surface area contributed by atoms with Gasteiger partial charge in [-0.05, 0) is 24.3 Å². The molecular weight excluding hydrogens is 394 g/mol. The molecule has 0 aliphatic carbocycles. The lowest BCUT2D eigenvalue weighted by Gasteiger charge is -2.36. The lowest BCUT2D eigenvalue weighted by molar-refractivity contribution is 0.641. The number of hydrogen-bond donors (Lipinski definition) is 1. The van der Waals surface area contributed by atoms with Crippen LogP contribution in [0.5, 0.6) is 0 Å². The summed E-state index contributed by atoms with van der Waals surface area (Å²) in [5.74, 6) is 1.80. The molecule has 1 saturated heterocycles. The van der Waals surface area contributed by atoms with Gasteiger partial charge in [0, 0.05) is 48.9 Å². The summed E-state index contributed by atoms with van der Waals surface area (Å²) in [6.45, 7) is 3.40. The summed E-state index contributed by atoms with van der Waals surface area (Å²) in [6.07, 6.45) is 5.23. The average molecular weight is 416 g/mol. The summed E-state index contributed by atoms with van der Waals surface area (Å²) < 4.78 is 0. The highest BCUT2D eigenvalue weighted by Gasteiger charge is 2.22. The fraction of sp³-hybridized carbons (Fsp3) is 0.182. The van der Waals surface area contributed by atoms with Gasteiger partial charge in [0.2, 0.25) is 0 Å². The zero-order valence-corrected chi connectivity index (χ0v) is 17.2. The van der Waals surface area contributed by atoms with Gasteiger partial charge >= 0.3 is 0 Å². The zero-order valence-electron chi connectivity index (χ0n) is 16.3. The van der Waals surface area contributed by atoms with Crippen LogP contribution in [0.1, 0.15) is 0 Å². The van der Waals surface area contributed by atoms with Crippen molar-refractivity contribution in [2.24, 2.45) is 0 Å². The largest absolute Gasteiger partial charge is 0.394 e. The van der Waals surface area contributed by atoms with Crippen molar-refractivity contribution in [3.63, 3.8) is 0 Å². The molecule has 7 nitrogen and oxygen atoms in total. The minimum absolute atomic E-state index is 0.613. The molecule has 1 aliphatic rings. The van der Waals surface area contributed by atoms with Gasteiger partial charge in [-0.2, -0.15) is 0 Å². The Balaban J connectivity index is 1.36. The molecule has 0 radical (unpaired) electrons. The smallest absolute Gasteiger partial charge is 0.156 e. The topological polar surface area (TPSA) is 84.1 Å². The Bertz CT molecular complexity index is 1160. The van der Waals surface area contributed by atoms with Crippen molar-refractivity contribution in [1.29, 1.82) is 0 Å². The van der Waals surface area contributed by atoms with E-state index in [0.29, 0.717) is 5.69 Å². The SMILES string of the molecule is Nc1c(Sc2cccc3cccnc23)ncnc1N1CCN(c2ccccn2)CC1. The first-order valence-electron chi connectivity index (χ1n) is 9.82. The lowest BCUT2D eigenvalue weighted by atomic mass is 10.2. The van der Waals surface area contributed by atoms with Crippen molar-refractivity contribution in [1.82, 2.24) is 19.9 Å². The van der Waals surface area contributed by atoms with Crippen molar-refractivity contribution in [3.8, 4) is 0 Å². The van der Waals surface area contributed by atoms with Gasteiger partial charge in [-0.25, -0.2) is 15.0 Å². The fourth-order valence-electron chi connectivity index (χ4n) is 3.65. The van der Waals surface area contributed by atoms with Gasteiger partial charge in [-0.1, -0.05) is 36.0 Å². The Morgan fingerprint density at radius 1 is 0.767 bits per heavy atom. The molecule has 4 heterocycles. The quantitative estimate of drug-likeness (QED) is 0.507. The summed E-state index contributed by atoms with van der Waals surface area (Å²) in [7, 11) is 0. The van der Waals surface area contributed by atoms with E-state index in [1.807, 2.05) is 48.8 Å². The Morgan fingerprint density at radius 3 is 2.40 bits per heavy atom. The second-order valence-corrected chi connectivity index (χ2v) is 8.04. The number of nitrogens with zero attached hydrogens (tertiary/aromatic N) is 6. The standard InChI is InChI=1S/C22H21N7S/c23-19-21(29-13-11-28(12-14-29)18-8-1-2-9-24-18)26-15-27-22(19)30-17-7-3-5-16-6-4-10-25-20(16)17/h1-10,15H,11-14,23H2. The summed E-state index contributed by atoms with van der Waals surface area (Å²) in [6, 6.07) is 16.1. The second-order valence-electron chi connectivity index (χ2n) is 7.01. The van der Waals surface area contributed by atoms with Crippen LogP contribution >= 0.6 is 11.8 Å². The maximum atomic E-state index is 6.52. The summed E-state index contributed by atoms with van der Waals surface area (Å²) in [5, 5.41) is 1.85. The highest BCUT2D eigenvalue weighted by molar-refractivity contribution is 7.99. The van der Waals surface area contributed by atoms with Crippen molar-refractivity contribution in [2.45, 2.75) is 9.92 Å². The van der Waals surface area contributed by atoms with Crippen LogP contribution in [-0.2, 0) is 0 Å². The van der Waals surface area contributed by atoms with Crippen LogP contribution < -0.4 is 15.5 Å². The Kier molecular flexibility index (Phi) is 5.06. The molecule has 5 rings (SSSR count). The fourth-order valence-corrected chi connectivity index (χ4v) is 4.58. The minimum atomic E-state index is 0.613. The Hall–Kier alpha value is -3.39. The number of aromatic nitrogens is 4. The third kappa shape index (κ3) is 3.61. The Morgan fingerprint density at radius 2 is 1.57 bits per heavy atom. The van der Waals surface area contributed by atoms with Crippen LogP contribution in [0.15, 0.2) is 77.2 Å². The van der Waals surface area contributed by atoms with Gasteiger partial charge in [0.1, 0.15) is 22.9 Å². The normalized spacial score (nSPS) is 14.3. The van der Waals surface area contributed by atoms with E-state index in [0.717, 1.165) is 58.6 Å². The summed E-state index contributed by atoms with van der Waals surface area (Å²) >= 11 is 1.53. The van der Waals surface area contributed by atoms with E-state index in [2.05, 4.69) is 41.9 Å². The Labute approximate surface area is 179 Å². The molecule has 0 saturated carbocycles. The van der Waals surface area contributed by atoms with Crippen LogP contribution in [0.2, 0.25) is 0 Å². The van der Waals surface area contributed by atoms with Crippen LogP contribution in [-0.4, -0.2) is 46.1 Å². The number of fused-ring (bicyclic) bond motifs is 1. The molecule has 1 aromatic carbocycles. The number of nitrogen functional groups attached to an aromatic ring is 1. The molecule has 0 bridgehead atoms. The second kappa shape index (κ2) is 8.16. The number of piperazine rings is 1. The molecular formula is C22H21N7S. The molecule has 0 atom stereocenters. The van der Waals surface area contributed by atoms with E-state index in [1.54, 1.807) is 6.33 Å². The first-order chi connectivity index (χ1) is 14.8. The van der Waals surface area contributed by atoms with E-state index in [-0.39, 0.29) is 0 Å². The number of pyridine rings is 2. The predicted octanol–water partition coefficient (Wildman–Crippen LogP) is 3.48. The van der Waals surface area contributed by atoms with Crippen LogP contribution in [0.25, 0.3) is 10.9 Å². The molecule has 3 aromatic heterocycles. The zero-order chi connectivity index (χ0) is 20.3. The highest BCUT2D eigenvalue weighted by Crippen LogP contribution is 2.37. The van der Waals surface area contributed by atoms with E-state index >= 15 is 0 Å². The van der Waals surface area contributed by atoms with E-state index in [4.69, 9.17) is 5.73 Å². The number of anilines is 3. The summed E-state index contributed by atoms with van der Waals surface area (Å²) in [4.78, 5) is 23.5. The minimum Gasteiger partial charge on any atom is -0.394 e. The van der Waals surface area contributed by atoms with Gasteiger partial charge in [0.15, 0.2) is 5.82 Å². The van der Waals surface area contributed by atoms with Crippen LogP contribution in [0.3, 0.4) is 0 Å². The van der Waals surface area contributed by atoms with Crippen LogP contribution in [0, 0.1) is 0 Å². The van der Waals surface area contributed by atoms with Crippen molar-refractivity contribution in [3.05, 3.63) is 67.3 Å². The van der Waals surface area contributed by atoms with Crippen molar-refractivity contribution < 1.29 is 0 Å². The van der Waals surface area contributed by atoms with E-state index in [9.17, 15) is 0 Å². The highest BCUT2D eigenvalue weighted by atomic mass is 32.2. The number of para-hydroxylation sites is 1. The molecule has 2 N–H and O–H groups in total. The molecule has 30 heavy (non-hydrogen) atoms. The third-order valence-electron chi connectivity index (χ3n) is 5.18. The molecule has 0 unspecified atom stereocenters.